The Bertz CT molecular complexity index is 1240. The molecular formula is C21H19ClN4O4S. The molecule has 0 saturated carbocycles. The molecule has 0 aliphatic carbocycles. The zero-order chi connectivity index (χ0) is 22.0. The minimum Gasteiger partial charge on any atom is -0.378 e. The summed E-state index contributed by atoms with van der Waals surface area (Å²) in [5.41, 5.74) is 1.40. The largest absolute Gasteiger partial charge is 0.378 e. The summed E-state index contributed by atoms with van der Waals surface area (Å²) >= 11 is 7.41. The number of allylic oxidation sites excluding steroid dienone is 1. The van der Waals surface area contributed by atoms with Crippen molar-refractivity contribution >= 4 is 50.4 Å². The maximum Gasteiger partial charge on any atom is 0.293 e. The number of hydrogen-bond donors (Lipinski definition) is 0. The SMILES string of the molecule is C=CCn1c(=NC(=O)c2ccc(N3CCOCC3)c([N+](=O)[O-])c2)sc2cc(Cl)ccc21. The lowest BCUT2D eigenvalue weighted by atomic mass is 10.1. The predicted octanol–water partition coefficient (Wildman–Crippen LogP) is 4.03. The molecular weight excluding hydrogens is 440 g/mol. The third-order valence-electron chi connectivity index (χ3n) is 4.92. The van der Waals surface area contributed by atoms with Crippen LogP contribution < -0.4 is 9.70 Å². The van der Waals surface area contributed by atoms with Crippen LogP contribution in [0.3, 0.4) is 0 Å². The number of fused-ring (bicyclic) bond motifs is 1. The standard InChI is InChI=1S/C21H19ClN4O4S/c1-2-7-25-17-6-4-15(22)13-19(17)31-21(25)23-20(27)14-3-5-16(18(12-14)26(28)29)24-8-10-30-11-9-24/h2-6,12-13H,1,7-11H2. The molecule has 1 aliphatic rings. The maximum absolute atomic E-state index is 12.9. The molecule has 0 radical (unpaired) electrons. The number of nitrogens with zero attached hydrogens (tertiary/aromatic N) is 4. The van der Waals surface area contributed by atoms with E-state index < -0.39 is 10.8 Å². The maximum atomic E-state index is 12.9. The predicted molar refractivity (Wildman–Crippen MR) is 121 cm³/mol. The molecule has 2 aromatic carbocycles. The normalized spacial score (nSPS) is 14.7. The molecule has 3 aromatic rings. The van der Waals surface area contributed by atoms with E-state index in [1.165, 1.54) is 17.4 Å². The second-order valence-corrected chi connectivity index (χ2v) is 8.32. The Labute approximate surface area is 186 Å². The third-order valence-corrected chi connectivity index (χ3v) is 6.20. The average molecular weight is 459 g/mol. The van der Waals surface area contributed by atoms with Gasteiger partial charge in [-0.25, -0.2) is 0 Å². The molecule has 0 unspecified atom stereocenters. The Morgan fingerprint density at radius 3 is 2.77 bits per heavy atom. The van der Waals surface area contributed by atoms with Gasteiger partial charge in [0.25, 0.3) is 11.6 Å². The summed E-state index contributed by atoms with van der Waals surface area (Å²) in [6.07, 6.45) is 1.71. The first-order chi connectivity index (χ1) is 15.0. The van der Waals surface area contributed by atoms with Crippen LogP contribution in [0.25, 0.3) is 10.2 Å². The van der Waals surface area contributed by atoms with Crippen LogP contribution in [-0.2, 0) is 11.3 Å². The minimum absolute atomic E-state index is 0.120. The number of nitro groups is 1. The number of benzene rings is 2. The number of hydrogen-bond acceptors (Lipinski definition) is 6. The van der Waals surface area contributed by atoms with E-state index >= 15 is 0 Å². The molecule has 8 nitrogen and oxygen atoms in total. The smallest absolute Gasteiger partial charge is 0.293 e. The quantitative estimate of drug-likeness (QED) is 0.327. The number of aromatic nitrogens is 1. The number of carbonyl (C=O) groups excluding carboxylic acids is 1. The number of thiazole rings is 1. The third kappa shape index (κ3) is 4.39. The van der Waals surface area contributed by atoms with Crippen molar-refractivity contribution in [3.63, 3.8) is 0 Å². The van der Waals surface area contributed by atoms with Crippen LogP contribution in [0.5, 0.6) is 0 Å². The zero-order valence-electron chi connectivity index (χ0n) is 16.5. The van der Waals surface area contributed by atoms with Crippen molar-refractivity contribution in [1.29, 1.82) is 0 Å². The van der Waals surface area contributed by atoms with Gasteiger partial charge in [-0.3, -0.25) is 14.9 Å². The highest BCUT2D eigenvalue weighted by molar-refractivity contribution is 7.16. The monoisotopic (exact) mass is 458 g/mol. The Morgan fingerprint density at radius 2 is 2.06 bits per heavy atom. The fourth-order valence-corrected chi connectivity index (χ4v) is 4.78. The topological polar surface area (TPSA) is 90.0 Å². The van der Waals surface area contributed by atoms with Crippen molar-refractivity contribution in [3.8, 4) is 0 Å². The first-order valence-corrected chi connectivity index (χ1v) is 10.8. The summed E-state index contributed by atoms with van der Waals surface area (Å²) in [6, 6.07) is 9.92. The second kappa shape index (κ2) is 9.01. The molecule has 0 spiro atoms. The fourth-order valence-electron chi connectivity index (χ4n) is 3.46. The number of rotatable bonds is 5. The van der Waals surface area contributed by atoms with Gasteiger partial charge in [-0.2, -0.15) is 4.99 Å². The summed E-state index contributed by atoms with van der Waals surface area (Å²) in [5, 5.41) is 12.3. The van der Waals surface area contributed by atoms with Crippen LogP contribution in [-0.4, -0.2) is 41.7 Å². The number of ether oxygens (including phenoxy) is 1. The summed E-state index contributed by atoms with van der Waals surface area (Å²) < 4.78 is 8.06. The van der Waals surface area contributed by atoms with E-state index in [0.29, 0.717) is 48.4 Å². The zero-order valence-corrected chi connectivity index (χ0v) is 18.1. The van der Waals surface area contributed by atoms with Crippen molar-refractivity contribution in [1.82, 2.24) is 4.57 Å². The first-order valence-electron chi connectivity index (χ1n) is 9.58. The number of morpholine rings is 1. The number of anilines is 1. The summed E-state index contributed by atoms with van der Waals surface area (Å²) in [7, 11) is 0. The molecule has 4 rings (SSSR count). The van der Waals surface area contributed by atoms with Crippen molar-refractivity contribution in [2.24, 2.45) is 4.99 Å². The molecule has 31 heavy (non-hydrogen) atoms. The van der Waals surface area contributed by atoms with Crippen molar-refractivity contribution in [3.05, 3.63) is 74.6 Å². The minimum atomic E-state index is -0.549. The van der Waals surface area contributed by atoms with Crippen LogP contribution in [0.1, 0.15) is 10.4 Å². The fraction of sp³-hybridized carbons (Fsp3) is 0.238. The van der Waals surface area contributed by atoms with Crippen LogP contribution in [0.2, 0.25) is 5.02 Å². The Hall–Kier alpha value is -3.01. The van der Waals surface area contributed by atoms with Gasteiger partial charge in [-0.1, -0.05) is 29.0 Å². The molecule has 160 valence electrons. The summed E-state index contributed by atoms with van der Waals surface area (Å²) in [6.45, 7) is 6.36. The second-order valence-electron chi connectivity index (χ2n) is 6.87. The molecule has 1 aliphatic heterocycles. The van der Waals surface area contributed by atoms with Gasteiger partial charge < -0.3 is 14.2 Å². The van der Waals surface area contributed by atoms with Gasteiger partial charge in [0.1, 0.15) is 5.69 Å². The molecule has 1 amide bonds. The number of nitro benzene ring substituents is 1. The lowest BCUT2D eigenvalue weighted by molar-refractivity contribution is -0.384. The van der Waals surface area contributed by atoms with Gasteiger partial charge in [0.05, 0.1) is 28.4 Å². The van der Waals surface area contributed by atoms with Gasteiger partial charge in [-0.05, 0) is 30.3 Å². The van der Waals surface area contributed by atoms with E-state index in [2.05, 4.69) is 11.6 Å². The van der Waals surface area contributed by atoms with Crippen molar-refractivity contribution in [2.45, 2.75) is 6.54 Å². The van der Waals surface area contributed by atoms with Gasteiger partial charge >= 0.3 is 0 Å². The molecule has 0 N–H and O–H groups in total. The van der Waals surface area contributed by atoms with Gasteiger partial charge in [-0.15, -0.1) is 6.58 Å². The van der Waals surface area contributed by atoms with Gasteiger partial charge in [0.2, 0.25) is 0 Å². The van der Waals surface area contributed by atoms with E-state index in [1.807, 2.05) is 21.6 Å². The lowest BCUT2D eigenvalue weighted by Crippen LogP contribution is -2.36. The van der Waals surface area contributed by atoms with E-state index in [4.69, 9.17) is 16.3 Å². The van der Waals surface area contributed by atoms with Crippen LogP contribution in [0, 0.1) is 10.1 Å². The van der Waals surface area contributed by atoms with Crippen molar-refractivity contribution < 1.29 is 14.5 Å². The summed E-state index contributed by atoms with van der Waals surface area (Å²) in [5.74, 6) is -0.549. The number of carbonyl (C=O) groups is 1. The Morgan fingerprint density at radius 1 is 1.29 bits per heavy atom. The van der Waals surface area contributed by atoms with Gasteiger partial charge in [0.15, 0.2) is 4.80 Å². The highest BCUT2D eigenvalue weighted by atomic mass is 35.5. The molecule has 1 fully saturated rings. The summed E-state index contributed by atoms with van der Waals surface area (Å²) in [4.78, 5) is 30.7. The van der Waals surface area contributed by atoms with E-state index in [-0.39, 0.29) is 11.3 Å². The Balaban J connectivity index is 1.75. The first kappa shape index (κ1) is 21.2. The van der Waals surface area contributed by atoms with E-state index in [0.717, 1.165) is 10.2 Å². The van der Waals surface area contributed by atoms with Crippen LogP contribution >= 0.6 is 22.9 Å². The number of halogens is 1. The Kier molecular flexibility index (Phi) is 6.17. The van der Waals surface area contributed by atoms with Crippen molar-refractivity contribution in [2.75, 3.05) is 31.2 Å². The molecule has 1 aromatic heterocycles. The highest BCUT2D eigenvalue weighted by Gasteiger charge is 2.23. The van der Waals surface area contributed by atoms with Crippen LogP contribution in [0.15, 0.2) is 54.0 Å². The highest BCUT2D eigenvalue weighted by Crippen LogP contribution is 2.30. The number of amides is 1. The van der Waals surface area contributed by atoms with Gasteiger partial charge in [0, 0.05) is 36.3 Å². The van der Waals surface area contributed by atoms with Crippen LogP contribution in [0.4, 0.5) is 11.4 Å². The molecule has 1 saturated heterocycles. The average Bonchev–Trinajstić information content (AvgIpc) is 3.10. The van der Waals surface area contributed by atoms with E-state index in [1.54, 1.807) is 24.3 Å². The molecule has 0 bridgehead atoms. The molecule has 0 atom stereocenters. The molecule has 2 heterocycles. The molecule has 10 heteroatoms. The van der Waals surface area contributed by atoms with E-state index in [9.17, 15) is 14.9 Å². The lowest BCUT2D eigenvalue weighted by Gasteiger charge is -2.28.